The lowest BCUT2D eigenvalue weighted by molar-refractivity contribution is 0.0656. The largest absolute Gasteiger partial charge is 0.466 e. The smallest absolute Gasteiger partial charge is 0.394 e. The van der Waals surface area contributed by atoms with Crippen LogP contribution in [0.1, 0.15) is 96.8 Å². The second-order valence-corrected chi connectivity index (χ2v) is 9.74. The van der Waals surface area contributed by atoms with Gasteiger partial charge >= 0.3 is 7.82 Å². The molecule has 0 radical (unpaired) electrons. The molecule has 0 aliphatic rings. The Hall–Kier alpha value is 0.120. The van der Waals surface area contributed by atoms with Crippen molar-refractivity contribution in [2.24, 2.45) is 0 Å². The van der Waals surface area contributed by atoms with Crippen LogP contribution in [0.15, 0.2) is 12.2 Å². The molecule has 1 atom stereocenters. The van der Waals surface area contributed by atoms with Crippen molar-refractivity contribution in [3.05, 3.63) is 12.2 Å². The van der Waals surface area contributed by atoms with E-state index >= 15 is 0 Å². The number of aliphatic hydroxyl groups is 1. The van der Waals surface area contributed by atoms with E-state index in [0.29, 0.717) is 0 Å². The molecule has 6 nitrogen and oxygen atoms in total. The molecular weight excluding hydrogens is 423 g/mol. The van der Waals surface area contributed by atoms with Crippen molar-refractivity contribution < 1.29 is 29.1 Å². The summed E-state index contributed by atoms with van der Waals surface area (Å²) in [6.45, 7) is 2.41. The normalized spacial score (nSPS) is 12.7. The Bertz CT molecular complexity index is 391. The van der Waals surface area contributed by atoms with Crippen LogP contribution in [0.5, 0.6) is 0 Å². The molecule has 0 amide bonds. The van der Waals surface area contributed by atoms with Crippen LogP contribution in [-0.2, 0) is 9.30 Å². The molecule has 0 bridgehead atoms. The minimum absolute atomic E-state index is 0.0131. The average Bonchev–Trinajstić information content (AvgIpc) is 2.68. The van der Waals surface area contributed by atoms with Crippen molar-refractivity contribution in [2.75, 3.05) is 25.2 Å². The molecule has 0 aliphatic carbocycles. The van der Waals surface area contributed by atoms with Crippen LogP contribution in [0, 0.1) is 0 Å². The molecule has 0 aromatic carbocycles. The van der Waals surface area contributed by atoms with E-state index in [2.05, 4.69) is 19.1 Å². The predicted octanol–water partition coefficient (Wildman–Crippen LogP) is 5.84. The molecule has 182 valence electrons. The lowest BCUT2D eigenvalue weighted by Gasteiger charge is -2.11. The van der Waals surface area contributed by atoms with Crippen LogP contribution in [0.2, 0.25) is 0 Å². The molecule has 0 saturated heterocycles. The molecule has 30 heavy (non-hydrogen) atoms. The van der Waals surface area contributed by atoms with Crippen LogP contribution in [0.4, 0.5) is 0 Å². The summed E-state index contributed by atoms with van der Waals surface area (Å²) < 4.78 is 14.0. The summed E-state index contributed by atoms with van der Waals surface area (Å²) >= 11 is 1.90. The SMILES string of the molecule is CCCCCCCC/C=C/CCCCCCCCSCC(CO)OC.O=P(O)(O)O. The van der Waals surface area contributed by atoms with E-state index in [1.54, 1.807) is 7.11 Å². The number of hydrogen-bond acceptors (Lipinski definition) is 4. The Morgan fingerprint density at radius 2 is 1.27 bits per heavy atom. The second-order valence-electron chi connectivity index (χ2n) is 7.57. The van der Waals surface area contributed by atoms with Crippen molar-refractivity contribution in [3.8, 4) is 0 Å². The zero-order chi connectivity index (χ0) is 22.9. The van der Waals surface area contributed by atoms with Gasteiger partial charge in [-0.3, -0.25) is 0 Å². The first-order valence-corrected chi connectivity index (χ1v) is 14.2. The molecule has 0 spiro atoms. The van der Waals surface area contributed by atoms with Crippen LogP contribution in [0.3, 0.4) is 0 Å². The molecule has 0 aliphatic heterocycles. The van der Waals surface area contributed by atoms with Crippen molar-refractivity contribution in [2.45, 2.75) is 103 Å². The van der Waals surface area contributed by atoms with Gasteiger partial charge in [0.1, 0.15) is 0 Å². The molecular formula is C22H47O6PS. The first kappa shape index (κ1) is 32.3. The highest BCUT2D eigenvalue weighted by molar-refractivity contribution is 7.99. The molecule has 0 fully saturated rings. The number of thioether (sulfide) groups is 1. The van der Waals surface area contributed by atoms with Crippen LogP contribution in [0.25, 0.3) is 0 Å². The van der Waals surface area contributed by atoms with Crippen LogP contribution < -0.4 is 0 Å². The lowest BCUT2D eigenvalue weighted by Crippen LogP contribution is -2.18. The third-order valence-electron chi connectivity index (χ3n) is 4.64. The van der Waals surface area contributed by atoms with Crippen molar-refractivity contribution in [1.82, 2.24) is 0 Å². The van der Waals surface area contributed by atoms with E-state index in [1.165, 1.54) is 95.6 Å². The standard InChI is InChI=1S/C22H44O2S.H3O4P/c1-3-4-5-6-7-8-9-10-11-12-13-14-15-16-17-18-19-25-21-22(20-23)24-2;1-5(2,3)4/h10-11,22-23H,3-9,12-21H2,1-2H3;(H3,1,2,3,4)/b11-10+;. The Morgan fingerprint density at radius 1 is 0.833 bits per heavy atom. The maximum Gasteiger partial charge on any atom is 0.466 e. The number of rotatable bonds is 20. The predicted molar refractivity (Wildman–Crippen MR) is 129 cm³/mol. The number of allylic oxidation sites excluding steroid dienone is 2. The summed E-state index contributed by atoms with van der Waals surface area (Å²) in [4.78, 5) is 21.6. The monoisotopic (exact) mass is 470 g/mol. The van der Waals surface area contributed by atoms with Crippen LogP contribution in [-0.4, -0.2) is 51.1 Å². The molecule has 0 heterocycles. The molecule has 4 N–H and O–H groups in total. The van der Waals surface area contributed by atoms with Gasteiger partial charge in [0, 0.05) is 12.9 Å². The van der Waals surface area contributed by atoms with Gasteiger partial charge < -0.3 is 24.5 Å². The fourth-order valence-electron chi connectivity index (χ4n) is 2.86. The zero-order valence-electron chi connectivity index (χ0n) is 19.2. The van der Waals surface area contributed by atoms with Gasteiger partial charge in [0.2, 0.25) is 0 Å². The molecule has 0 aromatic heterocycles. The molecule has 0 saturated carbocycles. The van der Waals surface area contributed by atoms with E-state index in [9.17, 15) is 0 Å². The number of methoxy groups -OCH3 is 1. The highest BCUT2D eigenvalue weighted by Gasteiger charge is 2.04. The lowest BCUT2D eigenvalue weighted by atomic mass is 10.1. The molecule has 0 aromatic rings. The minimum Gasteiger partial charge on any atom is -0.394 e. The Morgan fingerprint density at radius 3 is 1.70 bits per heavy atom. The number of phosphoric acid groups is 1. The van der Waals surface area contributed by atoms with Gasteiger partial charge in [-0.25, -0.2) is 4.57 Å². The van der Waals surface area contributed by atoms with E-state index in [1.807, 2.05) is 11.8 Å². The number of hydrogen-bond donors (Lipinski definition) is 4. The summed E-state index contributed by atoms with van der Waals surface area (Å²) in [5.41, 5.74) is 0. The summed E-state index contributed by atoms with van der Waals surface area (Å²) in [6, 6.07) is 0. The van der Waals surface area contributed by atoms with Gasteiger partial charge in [-0.15, -0.1) is 0 Å². The van der Waals surface area contributed by atoms with Crippen molar-refractivity contribution in [1.29, 1.82) is 0 Å². The van der Waals surface area contributed by atoms with Crippen molar-refractivity contribution >= 4 is 19.6 Å². The highest BCUT2D eigenvalue weighted by Crippen LogP contribution is 2.25. The topological polar surface area (TPSA) is 107 Å². The maximum absolute atomic E-state index is 9.03. The third-order valence-corrected chi connectivity index (χ3v) is 5.83. The number of unbranched alkanes of at least 4 members (excludes halogenated alkanes) is 12. The van der Waals surface area contributed by atoms with Gasteiger partial charge in [0.15, 0.2) is 0 Å². The molecule has 8 heteroatoms. The van der Waals surface area contributed by atoms with E-state index in [-0.39, 0.29) is 12.7 Å². The Kier molecular flexibility index (Phi) is 27.3. The summed E-state index contributed by atoms with van der Waals surface area (Å²) in [5, 5.41) is 9.03. The van der Waals surface area contributed by atoms with E-state index in [0.717, 1.165) is 5.75 Å². The summed E-state index contributed by atoms with van der Waals surface area (Å²) in [6.07, 6.45) is 23.9. The van der Waals surface area contributed by atoms with E-state index < -0.39 is 7.82 Å². The highest BCUT2D eigenvalue weighted by atomic mass is 32.2. The number of aliphatic hydroxyl groups excluding tert-OH is 1. The molecule has 0 rings (SSSR count). The minimum atomic E-state index is -4.64. The summed E-state index contributed by atoms with van der Waals surface area (Å²) in [7, 11) is -2.97. The fraction of sp³-hybridized carbons (Fsp3) is 0.909. The average molecular weight is 471 g/mol. The maximum atomic E-state index is 9.03. The first-order chi connectivity index (χ1) is 14.3. The third kappa shape index (κ3) is 35.6. The van der Waals surface area contributed by atoms with Gasteiger partial charge in [0.25, 0.3) is 0 Å². The zero-order valence-corrected chi connectivity index (χ0v) is 20.9. The van der Waals surface area contributed by atoms with E-state index in [4.69, 9.17) is 29.1 Å². The quantitative estimate of drug-likeness (QED) is 0.101. The van der Waals surface area contributed by atoms with Crippen molar-refractivity contribution in [3.63, 3.8) is 0 Å². The summed E-state index contributed by atoms with van der Waals surface area (Å²) in [5.74, 6) is 2.11. The Labute approximate surface area is 189 Å². The molecule has 1 unspecified atom stereocenters. The number of ether oxygens (including phenoxy) is 1. The van der Waals surface area contributed by atoms with Gasteiger partial charge in [-0.2, -0.15) is 11.8 Å². The Balaban J connectivity index is 0. The van der Waals surface area contributed by atoms with Gasteiger partial charge in [-0.05, 0) is 37.9 Å². The first-order valence-electron chi connectivity index (χ1n) is 11.5. The van der Waals surface area contributed by atoms with Gasteiger partial charge in [0.05, 0.1) is 12.7 Å². The fourth-order valence-corrected chi connectivity index (χ4v) is 3.94. The second kappa shape index (κ2) is 25.4. The van der Waals surface area contributed by atoms with Crippen LogP contribution >= 0.6 is 19.6 Å². The van der Waals surface area contributed by atoms with Gasteiger partial charge in [-0.1, -0.05) is 76.9 Å².